The molecule has 20 heavy (non-hydrogen) atoms. The van der Waals surface area contributed by atoms with E-state index in [4.69, 9.17) is 23.2 Å². The summed E-state index contributed by atoms with van der Waals surface area (Å²) in [5.41, 5.74) is 4.57. The molecule has 6 heteroatoms. The molecule has 0 amide bonds. The minimum absolute atomic E-state index is 0.592. The second-order valence-corrected chi connectivity index (χ2v) is 6.83. The molecule has 0 atom stereocenters. The standard InChI is InChI=1S/C14H9BrCl2N2S/c15-9-1-2-10(16)8(5-9)6-18-13-11(17)3-4-12-14(13)19-7-20-12/h1-5,7,18H,6H2. The predicted octanol–water partition coefficient (Wildman–Crippen LogP) is 5.98. The molecule has 0 aliphatic heterocycles. The van der Waals surface area contributed by atoms with Crippen molar-refractivity contribution in [1.29, 1.82) is 0 Å². The van der Waals surface area contributed by atoms with Crippen molar-refractivity contribution < 1.29 is 0 Å². The molecule has 2 nitrogen and oxygen atoms in total. The largest absolute Gasteiger partial charge is 0.378 e. The summed E-state index contributed by atoms with van der Waals surface area (Å²) in [6.07, 6.45) is 0. The molecule has 0 fully saturated rings. The van der Waals surface area contributed by atoms with E-state index in [0.29, 0.717) is 11.6 Å². The van der Waals surface area contributed by atoms with Gasteiger partial charge in [-0.05, 0) is 35.9 Å². The average molecular weight is 388 g/mol. The summed E-state index contributed by atoms with van der Waals surface area (Å²) in [6, 6.07) is 9.64. The third kappa shape index (κ3) is 2.79. The fourth-order valence-corrected chi connectivity index (χ4v) is 3.43. The first kappa shape index (κ1) is 14.1. The number of fused-ring (bicyclic) bond motifs is 1. The highest BCUT2D eigenvalue weighted by Gasteiger charge is 2.09. The van der Waals surface area contributed by atoms with Gasteiger partial charge in [0.2, 0.25) is 0 Å². The van der Waals surface area contributed by atoms with E-state index in [0.717, 1.165) is 31.0 Å². The van der Waals surface area contributed by atoms with E-state index in [1.807, 2.05) is 35.8 Å². The lowest BCUT2D eigenvalue weighted by Crippen LogP contribution is -2.01. The third-order valence-corrected chi connectivity index (χ3v) is 4.89. The molecule has 1 aromatic heterocycles. The molecule has 0 spiro atoms. The highest BCUT2D eigenvalue weighted by atomic mass is 79.9. The monoisotopic (exact) mass is 386 g/mol. The first-order valence-electron chi connectivity index (χ1n) is 5.84. The molecular weight excluding hydrogens is 379 g/mol. The fourth-order valence-electron chi connectivity index (χ4n) is 1.94. The van der Waals surface area contributed by atoms with Gasteiger partial charge < -0.3 is 5.32 Å². The van der Waals surface area contributed by atoms with Gasteiger partial charge in [-0.1, -0.05) is 39.1 Å². The van der Waals surface area contributed by atoms with Gasteiger partial charge in [-0.2, -0.15) is 0 Å². The number of benzene rings is 2. The summed E-state index contributed by atoms with van der Waals surface area (Å²) in [5.74, 6) is 0. The molecule has 3 aromatic rings. The van der Waals surface area contributed by atoms with Gasteiger partial charge in [0.25, 0.3) is 0 Å². The highest BCUT2D eigenvalue weighted by molar-refractivity contribution is 9.10. The van der Waals surface area contributed by atoms with Crippen LogP contribution in [0.4, 0.5) is 5.69 Å². The topological polar surface area (TPSA) is 24.9 Å². The van der Waals surface area contributed by atoms with Crippen molar-refractivity contribution >= 4 is 66.4 Å². The Kier molecular flexibility index (Phi) is 4.17. The average Bonchev–Trinajstić information content (AvgIpc) is 2.90. The molecule has 0 saturated carbocycles. The lowest BCUT2D eigenvalue weighted by molar-refractivity contribution is 1.15. The van der Waals surface area contributed by atoms with Crippen molar-refractivity contribution in [2.75, 3.05) is 5.32 Å². The molecule has 0 unspecified atom stereocenters. The maximum absolute atomic E-state index is 6.26. The molecule has 0 radical (unpaired) electrons. The predicted molar refractivity (Wildman–Crippen MR) is 91.1 cm³/mol. The number of nitrogens with zero attached hydrogens (tertiary/aromatic N) is 1. The van der Waals surface area contributed by atoms with E-state index in [1.165, 1.54) is 0 Å². The van der Waals surface area contributed by atoms with Crippen LogP contribution in [0.15, 0.2) is 40.3 Å². The van der Waals surface area contributed by atoms with Crippen LogP contribution in [0, 0.1) is 0 Å². The summed E-state index contributed by atoms with van der Waals surface area (Å²) >= 11 is 17.5. The SMILES string of the molecule is Clc1ccc(Br)cc1CNc1c(Cl)ccc2scnc12. The van der Waals surface area contributed by atoms with Crippen molar-refractivity contribution in [3.8, 4) is 0 Å². The Bertz CT molecular complexity index is 773. The van der Waals surface area contributed by atoms with Gasteiger partial charge in [-0.15, -0.1) is 11.3 Å². The number of hydrogen-bond acceptors (Lipinski definition) is 3. The maximum atomic E-state index is 6.26. The van der Waals surface area contributed by atoms with E-state index in [9.17, 15) is 0 Å². The van der Waals surface area contributed by atoms with Crippen LogP contribution in [0.2, 0.25) is 10.0 Å². The van der Waals surface area contributed by atoms with Gasteiger partial charge in [0.1, 0.15) is 5.52 Å². The smallest absolute Gasteiger partial charge is 0.106 e. The maximum Gasteiger partial charge on any atom is 0.106 e. The lowest BCUT2D eigenvalue weighted by Gasteiger charge is -2.11. The quantitative estimate of drug-likeness (QED) is 0.598. The van der Waals surface area contributed by atoms with Crippen LogP contribution in [0.25, 0.3) is 10.2 Å². The van der Waals surface area contributed by atoms with Gasteiger partial charge in [0.05, 0.1) is 20.9 Å². The van der Waals surface area contributed by atoms with E-state index < -0.39 is 0 Å². The van der Waals surface area contributed by atoms with Crippen molar-refractivity contribution in [2.24, 2.45) is 0 Å². The molecule has 0 bridgehead atoms. The van der Waals surface area contributed by atoms with Crippen molar-refractivity contribution in [2.45, 2.75) is 6.54 Å². The molecular formula is C14H9BrCl2N2S. The first-order chi connectivity index (χ1) is 9.65. The lowest BCUT2D eigenvalue weighted by atomic mass is 10.2. The van der Waals surface area contributed by atoms with Gasteiger partial charge in [0, 0.05) is 16.0 Å². The van der Waals surface area contributed by atoms with Crippen LogP contribution in [0.1, 0.15) is 5.56 Å². The number of aromatic nitrogens is 1. The molecule has 1 N–H and O–H groups in total. The first-order valence-corrected chi connectivity index (χ1v) is 8.27. The second-order valence-electron chi connectivity index (χ2n) is 4.21. The molecule has 102 valence electrons. The van der Waals surface area contributed by atoms with Crippen LogP contribution < -0.4 is 5.32 Å². The van der Waals surface area contributed by atoms with E-state index in [-0.39, 0.29) is 0 Å². The summed E-state index contributed by atoms with van der Waals surface area (Å²) in [5, 5.41) is 4.72. The number of thiazole rings is 1. The van der Waals surface area contributed by atoms with E-state index >= 15 is 0 Å². The van der Waals surface area contributed by atoms with Crippen molar-refractivity contribution in [1.82, 2.24) is 4.98 Å². The fraction of sp³-hybridized carbons (Fsp3) is 0.0714. The highest BCUT2D eigenvalue weighted by Crippen LogP contribution is 2.33. The minimum atomic E-state index is 0.592. The van der Waals surface area contributed by atoms with E-state index in [1.54, 1.807) is 11.3 Å². The number of halogens is 3. The Hall–Kier alpha value is -0.810. The Balaban J connectivity index is 1.92. The summed E-state index contributed by atoms with van der Waals surface area (Å²) in [4.78, 5) is 4.36. The van der Waals surface area contributed by atoms with Gasteiger partial charge in [0.15, 0.2) is 0 Å². The van der Waals surface area contributed by atoms with Crippen molar-refractivity contribution in [3.05, 3.63) is 55.9 Å². The van der Waals surface area contributed by atoms with Crippen LogP contribution in [-0.2, 0) is 6.54 Å². The number of rotatable bonds is 3. The molecule has 0 aliphatic carbocycles. The second kappa shape index (κ2) is 5.90. The summed E-state index contributed by atoms with van der Waals surface area (Å²) in [7, 11) is 0. The van der Waals surface area contributed by atoms with Gasteiger partial charge in [-0.3, -0.25) is 0 Å². The minimum Gasteiger partial charge on any atom is -0.378 e. The molecule has 2 aromatic carbocycles. The summed E-state index contributed by atoms with van der Waals surface area (Å²) in [6.45, 7) is 0.592. The Morgan fingerprint density at radius 1 is 1.15 bits per heavy atom. The number of hydrogen-bond donors (Lipinski definition) is 1. The van der Waals surface area contributed by atoms with Gasteiger partial charge >= 0.3 is 0 Å². The molecule has 3 rings (SSSR count). The molecule has 0 aliphatic rings. The van der Waals surface area contributed by atoms with E-state index in [2.05, 4.69) is 26.2 Å². The van der Waals surface area contributed by atoms with Crippen LogP contribution in [0.3, 0.4) is 0 Å². The number of nitrogens with one attached hydrogen (secondary N) is 1. The molecule has 0 saturated heterocycles. The normalized spacial score (nSPS) is 10.9. The zero-order valence-electron chi connectivity index (χ0n) is 10.2. The summed E-state index contributed by atoms with van der Waals surface area (Å²) < 4.78 is 2.11. The van der Waals surface area contributed by atoms with Crippen molar-refractivity contribution in [3.63, 3.8) is 0 Å². The third-order valence-electron chi connectivity index (χ3n) is 2.91. The Morgan fingerprint density at radius 2 is 1.95 bits per heavy atom. The Morgan fingerprint density at radius 3 is 2.80 bits per heavy atom. The Labute approximate surface area is 138 Å². The van der Waals surface area contributed by atoms with Crippen LogP contribution in [-0.4, -0.2) is 4.98 Å². The van der Waals surface area contributed by atoms with Gasteiger partial charge in [-0.25, -0.2) is 4.98 Å². The number of anilines is 1. The van der Waals surface area contributed by atoms with Crippen LogP contribution in [0.5, 0.6) is 0 Å². The molecule has 1 heterocycles. The zero-order valence-corrected chi connectivity index (χ0v) is 14.1. The zero-order chi connectivity index (χ0) is 14.1. The van der Waals surface area contributed by atoms with Crippen LogP contribution >= 0.6 is 50.5 Å².